The van der Waals surface area contributed by atoms with Gasteiger partial charge in [0.05, 0.1) is 0 Å². The molecule has 1 amide bonds. The Hall–Kier alpha value is -1.17. The number of hydrogen-bond donors (Lipinski definition) is 0. The molecule has 0 radical (unpaired) electrons. The lowest BCUT2D eigenvalue weighted by Crippen LogP contribution is -2.35. The van der Waals surface area contributed by atoms with Gasteiger partial charge >= 0.3 is 6.09 Å². The number of amides is 1. The molecule has 1 rings (SSSR count). The SMILES string of the molecule is C#CCCC1CCN(C(=O)OC(C)(C)C)C1. The van der Waals surface area contributed by atoms with Crippen molar-refractivity contribution in [1.29, 1.82) is 0 Å². The first-order valence-electron chi connectivity index (χ1n) is 5.84. The summed E-state index contributed by atoms with van der Waals surface area (Å²) in [7, 11) is 0. The number of nitrogens with zero attached hydrogens (tertiary/aromatic N) is 1. The van der Waals surface area contributed by atoms with Crippen molar-refractivity contribution in [2.45, 2.75) is 45.6 Å². The molecule has 16 heavy (non-hydrogen) atoms. The maximum Gasteiger partial charge on any atom is 0.410 e. The van der Waals surface area contributed by atoms with Crippen LogP contribution in [0.25, 0.3) is 0 Å². The molecular formula is C13H21NO2. The lowest BCUT2D eigenvalue weighted by molar-refractivity contribution is 0.0288. The third kappa shape index (κ3) is 4.14. The van der Waals surface area contributed by atoms with Crippen LogP contribution in [0.5, 0.6) is 0 Å². The van der Waals surface area contributed by atoms with Gasteiger partial charge in [0, 0.05) is 19.5 Å². The van der Waals surface area contributed by atoms with Gasteiger partial charge in [0.25, 0.3) is 0 Å². The molecule has 1 aliphatic rings. The highest BCUT2D eigenvalue weighted by Gasteiger charge is 2.29. The zero-order valence-corrected chi connectivity index (χ0v) is 10.5. The fourth-order valence-electron chi connectivity index (χ4n) is 1.85. The van der Waals surface area contributed by atoms with Crippen molar-refractivity contribution in [3.63, 3.8) is 0 Å². The molecule has 0 saturated carbocycles. The summed E-state index contributed by atoms with van der Waals surface area (Å²) >= 11 is 0. The molecule has 1 heterocycles. The van der Waals surface area contributed by atoms with E-state index < -0.39 is 5.60 Å². The largest absolute Gasteiger partial charge is 0.444 e. The summed E-state index contributed by atoms with van der Waals surface area (Å²) in [6, 6.07) is 0. The standard InChI is InChI=1S/C13H21NO2/c1-5-6-7-11-8-9-14(10-11)12(15)16-13(2,3)4/h1,11H,6-10H2,2-4H3. The minimum atomic E-state index is -0.409. The number of likely N-dealkylation sites (tertiary alicyclic amines) is 1. The second-order valence-corrected chi connectivity index (χ2v) is 5.32. The number of ether oxygens (including phenoxy) is 1. The van der Waals surface area contributed by atoms with Crippen LogP contribution in [0.15, 0.2) is 0 Å². The van der Waals surface area contributed by atoms with E-state index in [1.165, 1.54) is 0 Å². The molecule has 1 atom stereocenters. The van der Waals surface area contributed by atoms with Crippen LogP contribution in [0.2, 0.25) is 0 Å². The van der Waals surface area contributed by atoms with Crippen LogP contribution in [0.4, 0.5) is 4.79 Å². The fraction of sp³-hybridized carbons (Fsp3) is 0.769. The lowest BCUT2D eigenvalue weighted by atomic mass is 10.0. The average molecular weight is 223 g/mol. The third-order valence-corrected chi connectivity index (χ3v) is 2.63. The van der Waals surface area contributed by atoms with E-state index in [0.717, 1.165) is 32.4 Å². The number of hydrogen-bond acceptors (Lipinski definition) is 2. The Kier molecular flexibility index (Phi) is 4.23. The molecule has 1 aliphatic heterocycles. The Morgan fingerprint density at radius 3 is 2.81 bits per heavy atom. The third-order valence-electron chi connectivity index (χ3n) is 2.63. The van der Waals surface area contributed by atoms with E-state index in [2.05, 4.69) is 5.92 Å². The van der Waals surface area contributed by atoms with E-state index in [1.807, 2.05) is 20.8 Å². The molecule has 0 spiro atoms. The summed E-state index contributed by atoms with van der Waals surface area (Å²) in [5, 5.41) is 0. The molecular weight excluding hydrogens is 202 g/mol. The summed E-state index contributed by atoms with van der Waals surface area (Å²) < 4.78 is 5.32. The van der Waals surface area contributed by atoms with Gasteiger partial charge in [-0.3, -0.25) is 0 Å². The van der Waals surface area contributed by atoms with Gasteiger partial charge in [0.2, 0.25) is 0 Å². The van der Waals surface area contributed by atoms with Gasteiger partial charge in [0.15, 0.2) is 0 Å². The average Bonchev–Trinajstić information content (AvgIpc) is 2.60. The molecule has 0 aromatic carbocycles. The van der Waals surface area contributed by atoms with Crippen LogP contribution in [0.1, 0.15) is 40.0 Å². The van der Waals surface area contributed by atoms with Crippen molar-refractivity contribution in [3.05, 3.63) is 0 Å². The number of rotatable bonds is 2. The predicted octanol–water partition coefficient (Wildman–Crippen LogP) is 2.66. The van der Waals surface area contributed by atoms with Gasteiger partial charge in [-0.1, -0.05) is 0 Å². The molecule has 0 aromatic rings. The van der Waals surface area contributed by atoms with Gasteiger partial charge in [-0.25, -0.2) is 4.79 Å². The molecule has 0 aromatic heterocycles. The summed E-state index contributed by atoms with van der Waals surface area (Å²) in [6.07, 6.45) is 7.88. The van der Waals surface area contributed by atoms with E-state index in [0.29, 0.717) is 5.92 Å². The Morgan fingerprint density at radius 2 is 2.25 bits per heavy atom. The molecule has 0 aliphatic carbocycles. The minimum Gasteiger partial charge on any atom is -0.444 e. The van der Waals surface area contributed by atoms with Gasteiger partial charge in [-0.15, -0.1) is 12.3 Å². The number of terminal acetylenes is 1. The maximum atomic E-state index is 11.7. The van der Waals surface area contributed by atoms with Crippen molar-refractivity contribution in [2.24, 2.45) is 5.92 Å². The van der Waals surface area contributed by atoms with Crippen LogP contribution in [0, 0.1) is 18.3 Å². The Labute approximate surface area is 98.1 Å². The molecule has 0 bridgehead atoms. The van der Waals surface area contributed by atoms with Crippen LogP contribution in [0.3, 0.4) is 0 Å². The summed E-state index contributed by atoms with van der Waals surface area (Å²) in [5.41, 5.74) is -0.409. The summed E-state index contributed by atoms with van der Waals surface area (Å²) in [6.45, 7) is 7.24. The monoisotopic (exact) mass is 223 g/mol. The van der Waals surface area contributed by atoms with Crippen molar-refractivity contribution in [2.75, 3.05) is 13.1 Å². The lowest BCUT2D eigenvalue weighted by Gasteiger charge is -2.24. The molecule has 3 heteroatoms. The number of carbonyl (C=O) groups is 1. The van der Waals surface area contributed by atoms with Gasteiger partial charge in [0.1, 0.15) is 5.60 Å². The zero-order valence-electron chi connectivity index (χ0n) is 10.5. The zero-order chi connectivity index (χ0) is 12.2. The highest BCUT2D eigenvalue weighted by atomic mass is 16.6. The van der Waals surface area contributed by atoms with Crippen molar-refractivity contribution in [1.82, 2.24) is 4.90 Å². The van der Waals surface area contributed by atoms with E-state index >= 15 is 0 Å². The topological polar surface area (TPSA) is 29.5 Å². The van der Waals surface area contributed by atoms with Crippen LogP contribution in [-0.2, 0) is 4.74 Å². The van der Waals surface area contributed by atoms with E-state index in [-0.39, 0.29) is 6.09 Å². The smallest absolute Gasteiger partial charge is 0.410 e. The van der Waals surface area contributed by atoms with E-state index in [4.69, 9.17) is 11.2 Å². The molecule has 90 valence electrons. The fourth-order valence-corrected chi connectivity index (χ4v) is 1.85. The van der Waals surface area contributed by atoms with Crippen LogP contribution >= 0.6 is 0 Å². The molecule has 1 fully saturated rings. The predicted molar refractivity (Wildman–Crippen MR) is 64.0 cm³/mol. The van der Waals surface area contributed by atoms with Crippen LogP contribution in [-0.4, -0.2) is 29.7 Å². The van der Waals surface area contributed by atoms with Crippen LogP contribution < -0.4 is 0 Å². The first-order valence-corrected chi connectivity index (χ1v) is 5.84. The molecule has 1 saturated heterocycles. The molecule has 1 unspecified atom stereocenters. The van der Waals surface area contributed by atoms with Crippen molar-refractivity contribution in [3.8, 4) is 12.3 Å². The van der Waals surface area contributed by atoms with Crippen molar-refractivity contribution < 1.29 is 9.53 Å². The second kappa shape index (κ2) is 5.25. The maximum absolute atomic E-state index is 11.7. The molecule has 0 N–H and O–H groups in total. The van der Waals surface area contributed by atoms with E-state index in [1.54, 1.807) is 4.90 Å². The summed E-state index contributed by atoms with van der Waals surface area (Å²) in [4.78, 5) is 13.5. The van der Waals surface area contributed by atoms with Gasteiger partial charge in [-0.05, 0) is 39.5 Å². The molecule has 3 nitrogen and oxygen atoms in total. The van der Waals surface area contributed by atoms with Gasteiger partial charge in [-0.2, -0.15) is 0 Å². The minimum absolute atomic E-state index is 0.198. The van der Waals surface area contributed by atoms with Gasteiger partial charge < -0.3 is 9.64 Å². The quantitative estimate of drug-likeness (QED) is 0.673. The highest BCUT2D eigenvalue weighted by molar-refractivity contribution is 5.68. The first-order chi connectivity index (χ1) is 7.42. The second-order valence-electron chi connectivity index (χ2n) is 5.32. The Balaban J connectivity index is 2.36. The summed E-state index contributed by atoms with van der Waals surface area (Å²) in [5.74, 6) is 3.19. The highest BCUT2D eigenvalue weighted by Crippen LogP contribution is 2.22. The Bertz CT molecular complexity index is 285. The number of carbonyl (C=O) groups excluding carboxylic acids is 1. The van der Waals surface area contributed by atoms with Crippen molar-refractivity contribution >= 4 is 6.09 Å². The normalized spacial score (nSPS) is 20.6. The first kappa shape index (κ1) is 12.9. The Morgan fingerprint density at radius 1 is 1.56 bits per heavy atom. The van der Waals surface area contributed by atoms with E-state index in [9.17, 15) is 4.79 Å².